The number of pyridine rings is 1. The molecule has 2 atom stereocenters. The maximum absolute atomic E-state index is 13.5. The highest BCUT2D eigenvalue weighted by atomic mass is 19.1. The van der Waals surface area contributed by atoms with Crippen LogP contribution in [-0.2, 0) is 16.6 Å². The van der Waals surface area contributed by atoms with Crippen LogP contribution in [-0.4, -0.2) is 51.0 Å². The van der Waals surface area contributed by atoms with E-state index in [2.05, 4.69) is 20.4 Å². The number of benzene rings is 1. The van der Waals surface area contributed by atoms with Crippen LogP contribution < -0.4 is 10.1 Å². The maximum atomic E-state index is 13.5. The summed E-state index contributed by atoms with van der Waals surface area (Å²) in [6.45, 7) is 1.03. The average Bonchev–Trinajstić information content (AvgIpc) is 3.18. The molecule has 9 nitrogen and oxygen atoms in total. The third-order valence-corrected chi connectivity index (χ3v) is 6.59. The number of hydrogen-bond acceptors (Lipinski definition) is 7. The summed E-state index contributed by atoms with van der Waals surface area (Å²) < 4.78 is 26.1. The molecule has 1 saturated carbocycles. The molecule has 1 aromatic carbocycles. The highest BCUT2D eigenvalue weighted by molar-refractivity contribution is 6.01. The predicted molar refractivity (Wildman–Crippen MR) is 121 cm³/mol. The van der Waals surface area contributed by atoms with Crippen molar-refractivity contribution in [3.8, 4) is 28.3 Å². The summed E-state index contributed by atoms with van der Waals surface area (Å²) in [6.07, 6.45) is 4.09. The van der Waals surface area contributed by atoms with Crippen LogP contribution in [0, 0.1) is 17.2 Å². The van der Waals surface area contributed by atoms with Gasteiger partial charge in [0.1, 0.15) is 29.0 Å². The zero-order chi connectivity index (χ0) is 23.4. The van der Waals surface area contributed by atoms with Gasteiger partial charge in [-0.2, -0.15) is 5.10 Å². The van der Waals surface area contributed by atoms with Gasteiger partial charge >= 0.3 is 0 Å². The number of carbonyl (C=O) groups excluding carboxylic acids is 1. The number of nitrogens with zero attached hydrogens (tertiary/aromatic N) is 5. The standard InChI is InChI=1S/C24H21FN6O3/c1-31-9-16(19(30-31)13-3-5-15(25)6-4-13)20-21-17(26-12-27-20)7-18(33-2)22(28-21)29-23(32)24-8-14(24)10-34-11-24/h3-7,9,12,14H,8,10-11H2,1-2H3,(H,28,29,32)/t14-,24-/m0/s1. The molecular formula is C24H21FN6O3. The summed E-state index contributed by atoms with van der Waals surface area (Å²) in [5.41, 5.74) is 3.20. The first kappa shape index (κ1) is 20.7. The molecular weight excluding hydrogens is 439 g/mol. The van der Waals surface area contributed by atoms with Crippen molar-refractivity contribution in [1.29, 1.82) is 0 Å². The van der Waals surface area contributed by atoms with Gasteiger partial charge < -0.3 is 14.8 Å². The first-order valence-electron chi connectivity index (χ1n) is 10.9. The third kappa shape index (κ3) is 3.21. The van der Waals surface area contributed by atoms with Gasteiger partial charge in [0.05, 0.1) is 31.3 Å². The number of halogens is 1. The molecule has 3 aromatic heterocycles. The van der Waals surface area contributed by atoms with Gasteiger partial charge in [-0.05, 0) is 30.7 Å². The van der Waals surface area contributed by atoms with Crippen LogP contribution in [0.2, 0.25) is 0 Å². The molecule has 0 bridgehead atoms. The first-order chi connectivity index (χ1) is 16.5. The largest absolute Gasteiger partial charge is 0.493 e. The van der Waals surface area contributed by atoms with Crippen molar-refractivity contribution in [2.24, 2.45) is 18.4 Å². The van der Waals surface area contributed by atoms with Gasteiger partial charge in [-0.3, -0.25) is 9.48 Å². The van der Waals surface area contributed by atoms with E-state index >= 15 is 0 Å². The van der Waals surface area contributed by atoms with Crippen molar-refractivity contribution in [1.82, 2.24) is 24.7 Å². The molecule has 34 heavy (non-hydrogen) atoms. The first-order valence-corrected chi connectivity index (χ1v) is 10.9. The Hall–Kier alpha value is -3.92. The lowest BCUT2D eigenvalue weighted by Gasteiger charge is -2.15. The molecule has 0 spiro atoms. The smallest absolute Gasteiger partial charge is 0.234 e. The van der Waals surface area contributed by atoms with Crippen LogP contribution in [0.15, 0.2) is 42.9 Å². The molecule has 1 aliphatic carbocycles. The summed E-state index contributed by atoms with van der Waals surface area (Å²) >= 11 is 0. The number of amides is 1. The zero-order valence-corrected chi connectivity index (χ0v) is 18.6. The van der Waals surface area contributed by atoms with Crippen LogP contribution in [0.1, 0.15) is 6.42 Å². The lowest BCUT2D eigenvalue weighted by Crippen LogP contribution is -2.27. The van der Waals surface area contributed by atoms with E-state index in [9.17, 15) is 9.18 Å². The Bertz CT molecular complexity index is 1440. The molecule has 0 radical (unpaired) electrons. The summed E-state index contributed by atoms with van der Waals surface area (Å²) in [6, 6.07) is 7.84. The van der Waals surface area contributed by atoms with Gasteiger partial charge in [-0.15, -0.1) is 0 Å². The van der Waals surface area contributed by atoms with Crippen molar-refractivity contribution in [3.63, 3.8) is 0 Å². The average molecular weight is 460 g/mol. The van der Waals surface area contributed by atoms with E-state index in [0.29, 0.717) is 52.8 Å². The SMILES string of the molecule is COc1cc2ncnc(-c3cn(C)nc3-c3ccc(F)cc3)c2nc1NC(=O)[C@@]12COC[C@@H]1C2. The van der Waals surface area contributed by atoms with Gasteiger partial charge in [-0.25, -0.2) is 19.3 Å². The van der Waals surface area contributed by atoms with E-state index in [1.54, 1.807) is 29.9 Å². The van der Waals surface area contributed by atoms with E-state index in [-0.39, 0.29) is 17.6 Å². The molecule has 1 N–H and O–H groups in total. The summed E-state index contributed by atoms with van der Waals surface area (Å²) in [5.74, 6) is 0.518. The second kappa shape index (κ2) is 7.56. The lowest BCUT2D eigenvalue weighted by molar-refractivity contribution is -0.121. The fourth-order valence-corrected chi connectivity index (χ4v) is 4.63. The van der Waals surface area contributed by atoms with E-state index in [4.69, 9.17) is 14.5 Å². The predicted octanol–water partition coefficient (Wildman–Crippen LogP) is 3.22. The number of ether oxygens (including phenoxy) is 2. The highest BCUT2D eigenvalue weighted by Crippen LogP contribution is 2.57. The third-order valence-electron chi connectivity index (χ3n) is 6.59. The van der Waals surface area contributed by atoms with Gasteiger partial charge in [0.15, 0.2) is 11.6 Å². The van der Waals surface area contributed by atoms with Crippen molar-refractivity contribution in [2.75, 3.05) is 25.6 Å². The molecule has 2 fully saturated rings. The second-order valence-corrected chi connectivity index (χ2v) is 8.73. The van der Waals surface area contributed by atoms with E-state index < -0.39 is 5.41 Å². The minimum atomic E-state index is -0.475. The Morgan fingerprint density at radius 3 is 2.79 bits per heavy atom. The Balaban J connectivity index is 1.46. The molecule has 0 unspecified atom stereocenters. The maximum Gasteiger partial charge on any atom is 0.234 e. The molecule has 1 aliphatic heterocycles. The van der Waals surface area contributed by atoms with Gasteiger partial charge in [0.2, 0.25) is 5.91 Å². The molecule has 1 amide bonds. The van der Waals surface area contributed by atoms with Crippen LogP contribution in [0.4, 0.5) is 10.2 Å². The lowest BCUT2D eigenvalue weighted by atomic mass is 10.0. The number of methoxy groups -OCH3 is 1. The van der Waals surface area contributed by atoms with Crippen LogP contribution in [0.25, 0.3) is 33.5 Å². The molecule has 172 valence electrons. The van der Waals surface area contributed by atoms with Crippen LogP contribution >= 0.6 is 0 Å². The highest BCUT2D eigenvalue weighted by Gasteiger charge is 2.63. The van der Waals surface area contributed by atoms with Crippen molar-refractivity contribution >= 4 is 22.8 Å². The van der Waals surface area contributed by atoms with Crippen molar-refractivity contribution in [2.45, 2.75) is 6.42 Å². The van der Waals surface area contributed by atoms with Crippen molar-refractivity contribution < 1.29 is 18.7 Å². The van der Waals surface area contributed by atoms with Gasteiger partial charge in [0.25, 0.3) is 0 Å². The molecule has 4 heterocycles. The Morgan fingerprint density at radius 2 is 2.09 bits per heavy atom. The Morgan fingerprint density at radius 1 is 1.26 bits per heavy atom. The topological polar surface area (TPSA) is 104 Å². The van der Waals surface area contributed by atoms with Gasteiger partial charge in [0, 0.05) is 36.4 Å². The fourth-order valence-electron chi connectivity index (χ4n) is 4.63. The number of aryl methyl sites for hydroxylation is 1. The number of rotatable bonds is 5. The minimum Gasteiger partial charge on any atom is -0.493 e. The second-order valence-electron chi connectivity index (χ2n) is 8.73. The molecule has 6 rings (SSSR count). The monoisotopic (exact) mass is 460 g/mol. The summed E-state index contributed by atoms with van der Waals surface area (Å²) in [5, 5.41) is 7.50. The number of anilines is 1. The summed E-state index contributed by atoms with van der Waals surface area (Å²) in [7, 11) is 3.32. The van der Waals surface area contributed by atoms with E-state index in [1.807, 2.05) is 6.20 Å². The number of aromatic nitrogens is 5. The number of nitrogens with one attached hydrogen (secondary N) is 1. The van der Waals surface area contributed by atoms with E-state index in [0.717, 1.165) is 12.0 Å². The number of carbonyl (C=O) groups is 1. The molecule has 2 aliphatic rings. The molecule has 4 aromatic rings. The number of hydrogen-bond donors (Lipinski definition) is 1. The van der Waals surface area contributed by atoms with E-state index in [1.165, 1.54) is 25.6 Å². The van der Waals surface area contributed by atoms with Crippen LogP contribution in [0.5, 0.6) is 5.75 Å². The number of fused-ring (bicyclic) bond motifs is 2. The summed E-state index contributed by atoms with van der Waals surface area (Å²) in [4.78, 5) is 26.6. The zero-order valence-electron chi connectivity index (χ0n) is 18.6. The fraction of sp³-hybridized carbons (Fsp3) is 0.292. The normalized spacial score (nSPS) is 20.9. The Labute approximate surface area is 194 Å². The van der Waals surface area contributed by atoms with Crippen molar-refractivity contribution in [3.05, 3.63) is 48.7 Å². The minimum absolute atomic E-state index is 0.119. The Kier molecular flexibility index (Phi) is 4.59. The quantitative estimate of drug-likeness (QED) is 0.488. The van der Waals surface area contributed by atoms with Crippen LogP contribution in [0.3, 0.4) is 0 Å². The molecule has 1 saturated heterocycles. The molecule has 10 heteroatoms. The van der Waals surface area contributed by atoms with Gasteiger partial charge in [-0.1, -0.05) is 0 Å².